The monoisotopic (exact) mass is 223 g/mol. The van der Waals surface area contributed by atoms with E-state index in [1.165, 1.54) is 64.5 Å². The van der Waals surface area contributed by atoms with Crippen LogP contribution in [0.25, 0.3) is 0 Å². The van der Waals surface area contributed by atoms with E-state index in [1.807, 2.05) is 0 Å². The van der Waals surface area contributed by atoms with Crippen LogP contribution >= 0.6 is 0 Å². The Balaban J connectivity index is 1.55. The van der Waals surface area contributed by atoms with E-state index < -0.39 is 0 Å². The van der Waals surface area contributed by atoms with Crippen molar-refractivity contribution >= 4 is 0 Å². The summed E-state index contributed by atoms with van der Waals surface area (Å²) in [6.45, 7) is 2.57. The van der Waals surface area contributed by atoms with Crippen molar-refractivity contribution in [3.63, 3.8) is 0 Å². The molecule has 2 nitrogen and oxygen atoms in total. The zero-order valence-corrected chi connectivity index (χ0v) is 10.3. The zero-order chi connectivity index (χ0) is 11.0. The van der Waals surface area contributed by atoms with Gasteiger partial charge in [0, 0.05) is 19.1 Å². The van der Waals surface area contributed by atoms with Crippen LogP contribution in [-0.4, -0.2) is 35.2 Å². The first-order valence-electron chi connectivity index (χ1n) is 7.21. The van der Waals surface area contributed by atoms with E-state index >= 15 is 0 Å². The maximum atomic E-state index is 10.0. The molecule has 1 spiro atoms. The Hall–Kier alpha value is -0.0800. The highest BCUT2D eigenvalue weighted by molar-refractivity contribution is 5.00. The maximum absolute atomic E-state index is 10.0. The molecule has 3 fully saturated rings. The van der Waals surface area contributed by atoms with E-state index in [9.17, 15) is 5.11 Å². The van der Waals surface area contributed by atoms with Crippen LogP contribution in [0.3, 0.4) is 0 Å². The SMILES string of the molecule is OC1CCCCC1N1CC2(CCCCC2)C1. The van der Waals surface area contributed by atoms with Gasteiger partial charge >= 0.3 is 0 Å². The van der Waals surface area contributed by atoms with Gasteiger partial charge in [0.2, 0.25) is 0 Å². The summed E-state index contributed by atoms with van der Waals surface area (Å²) in [4.78, 5) is 2.58. The highest BCUT2D eigenvalue weighted by atomic mass is 16.3. The summed E-state index contributed by atoms with van der Waals surface area (Å²) in [7, 11) is 0. The highest BCUT2D eigenvalue weighted by Crippen LogP contribution is 2.45. The lowest BCUT2D eigenvalue weighted by Crippen LogP contribution is -2.63. The molecule has 1 aliphatic heterocycles. The van der Waals surface area contributed by atoms with E-state index in [1.54, 1.807) is 0 Å². The first-order chi connectivity index (χ1) is 7.79. The van der Waals surface area contributed by atoms with Crippen molar-refractivity contribution in [1.29, 1.82) is 0 Å². The van der Waals surface area contributed by atoms with Gasteiger partial charge in [-0.15, -0.1) is 0 Å². The lowest BCUT2D eigenvalue weighted by molar-refractivity contribution is -0.0962. The van der Waals surface area contributed by atoms with Crippen LogP contribution in [-0.2, 0) is 0 Å². The Morgan fingerprint density at radius 3 is 2.25 bits per heavy atom. The van der Waals surface area contributed by atoms with Crippen LogP contribution in [0.2, 0.25) is 0 Å². The van der Waals surface area contributed by atoms with Gasteiger partial charge in [0.25, 0.3) is 0 Å². The molecule has 2 atom stereocenters. The molecule has 92 valence electrons. The molecule has 3 rings (SSSR count). The molecule has 2 aliphatic carbocycles. The van der Waals surface area contributed by atoms with Gasteiger partial charge in [-0.2, -0.15) is 0 Å². The summed E-state index contributed by atoms with van der Waals surface area (Å²) in [6, 6.07) is 0.501. The van der Waals surface area contributed by atoms with E-state index in [0.717, 1.165) is 6.42 Å². The second kappa shape index (κ2) is 4.30. The molecule has 0 radical (unpaired) electrons. The third kappa shape index (κ3) is 1.91. The number of nitrogens with zero attached hydrogens (tertiary/aromatic N) is 1. The normalized spacial score (nSPS) is 39.6. The smallest absolute Gasteiger partial charge is 0.0695 e. The summed E-state index contributed by atoms with van der Waals surface area (Å²) in [5.74, 6) is 0. The van der Waals surface area contributed by atoms with Crippen molar-refractivity contribution in [2.75, 3.05) is 13.1 Å². The molecule has 0 amide bonds. The Labute approximate surface area is 99.0 Å². The molecule has 0 aromatic rings. The van der Waals surface area contributed by atoms with Crippen LogP contribution in [0.5, 0.6) is 0 Å². The predicted octanol–water partition coefficient (Wildman–Crippen LogP) is 2.56. The maximum Gasteiger partial charge on any atom is 0.0695 e. The van der Waals surface area contributed by atoms with Gasteiger partial charge in [-0.1, -0.05) is 32.1 Å². The van der Waals surface area contributed by atoms with Crippen LogP contribution in [0.1, 0.15) is 57.8 Å². The predicted molar refractivity (Wildman–Crippen MR) is 65.4 cm³/mol. The standard InChI is InChI=1S/C14H25NO/c16-13-7-3-2-6-12(13)15-10-14(11-15)8-4-1-5-9-14/h12-13,16H,1-11H2. The molecule has 3 aliphatic rings. The van der Waals surface area contributed by atoms with Gasteiger partial charge < -0.3 is 5.11 Å². The summed E-state index contributed by atoms with van der Waals surface area (Å²) in [5, 5.41) is 10.0. The van der Waals surface area contributed by atoms with E-state index in [2.05, 4.69) is 4.90 Å². The number of hydrogen-bond acceptors (Lipinski definition) is 2. The van der Waals surface area contributed by atoms with Crippen molar-refractivity contribution in [2.45, 2.75) is 69.9 Å². The Morgan fingerprint density at radius 1 is 0.875 bits per heavy atom. The van der Waals surface area contributed by atoms with Gasteiger partial charge in [0.1, 0.15) is 0 Å². The van der Waals surface area contributed by atoms with E-state index in [0.29, 0.717) is 11.5 Å². The quantitative estimate of drug-likeness (QED) is 0.738. The van der Waals surface area contributed by atoms with Gasteiger partial charge in [0.15, 0.2) is 0 Å². The van der Waals surface area contributed by atoms with E-state index in [4.69, 9.17) is 0 Å². The average molecular weight is 223 g/mol. The third-order valence-electron chi connectivity index (χ3n) is 5.15. The van der Waals surface area contributed by atoms with Crippen molar-refractivity contribution in [2.24, 2.45) is 5.41 Å². The molecule has 1 heterocycles. The van der Waals surface area contributed by atoms with Crippen LogP contribution in [0.4, 0.5) is 0 Å². The number of aliphatic hydroxyl groups is 1. The molecule has 2 unspecified atom stereocenters. The molecule has 16 heavy (non-hydrogen) atoms. The second-order valence-corrected chi connectivity index (χ2v) is 6.38. The van der Waals surface area contributed by atoms with Gasteiger partial charge in [-0.3, -0.25) is 4.90 Å². The summed E-state index contributed by atoms with van der Waals surface area (Å²) >= 11 is 0. The fraction of sp³-hybridized carbons (Fsp3) is 1.00. The molecular formula is C14H25NO. The topological polar surface area (TPSA) is 23.5 Å². The van der Waals surface area contributed by atoms with Crippen LogP contribution < -0.4 is 0 Å². The first kappa shape index (κ1) is 11.0. The lowest BCUT2D eigenvalue weighted by atomic mass is 9.67. The van der Waals surface area contributed by atoms with Crippen molar-refractivity contribution < 1.29 is 5.11 Å². The summed E-state index contributed by atoms with van der Waals surface area (Å²) in [5.41, 5.74) is 0.676. The summed E-state index contributed by atoms with van der Waals surface area (Å²) < 4.78 is 0. The average Bonchev–Trinajstić information content (AvgIpc) is 2.28. The number of likely N-dealkylation sites (tertiary alicyclic amines) is 1. The van der Waals surface area contributed by atoms with Crippen molar-refractivity contribution in [3.8, 4) is 0 Å². The lowest BCUT2D eigenvalue weighted by Gasteiger charge is -2.56. The fourth-order valence-corrected chi connectivity index (χ4v) is 4.19. The largest absolute Gasteiger partial charge is 0.391 e. The first-order valence-corrected chi connectivity index (χ1v) is 7.21. The molecule has 0 aromatic carbocycles. The van der Waals surface area contributed by atoms with Crippen molar-refractivity contribution in [1.82, 2.24) is 4.90 Å². The minimum absolute atomic E-state index is 0.0327. The summed E-state index contributed by atoms with van der Waals surface area (Å²) in [6.07, 6.45) is 12.0. The van der Waals surface area contributed by atoms with Gasteiger partial charge in [-0.05, 0) is 31.1 Å². The van der Waals surface area contributed by atoms with Crippen LogP contribution in [0.15, 0.2) is 0 Å². The zero-order valence-electron chi connectivity index (χ0n) is 10.3. The second-order valence-electron chi connectivity index (χ2n) is 6.38. The Morgan fingerprint density at radius 2 is 1.56 bits per heavy atom. The molecule has 0 aromatic heterocycles. The molecule has 2 heteroatoms. The minimum atomic E-state index is -0.0327. The highest BCUT2D eigenvalue weighted by Gasteiger charge is 2.47. The molecule has 1 N–H and O–H groups in total. The fourth-order valence-electron chi connectivity index (χ4n) is 4.19. The van der Waals surface area contributed by atoms with Crippen molar-refractivity contribution in [3.05, 3.63) is 0 Å². The van der Waals surface area contributed by atoms with Gasteiger partial charge in [0.05, 0.1) is 6.10 Å². The van der Waals surface area contributed by atoms with Crippen LogP contribution in [0, 0.1) is 5.41 Å². The van der Waals surface area contributed by atoms with Gasteiger partial charge in [-0.25, -0.2) is 0 Å². The Bertz CT molecular complexity index is 239. The molecule has 2 saturated carbocycles. The third-order valence-corrected chi connectivity index (χ3v) is 5.15. The van der Waals surface area contributed by atoms with E-state index in [-0.39, 0.29) is 6.10 Å². The molecule has 1 saturated heterocycles. The molecular weight excluding hydrogens is 198 g/mol. The number of aliphatic hydroxyl groups excluding tert-OH is 1. The number of hydrogen-bond donors (Lipinski definition) is 1. The molecule has 0 bridgehead atoms. The number of rotatable bonds is 1. The minimum Gasteiger partial charge on any atom is -0.391 e. The Kier molecular flexibility index (Phi) is 2.97.